The van der Waals surface area contributed by atoms with Gasteiger partial charge in [-0.3, -0.25) is 9.69 Å². The molecule has 1 saturated heterocycles. The molecule has 2 aliphatic heterocycles. The van der Waals surface area contributed by atoms with Crippen molar-refractivity contribution in [3.05, 3.63) is 46.1 Å². The van der Waals surface area contributed by atoms with Crippen LogP contribution in [0.15, 0.2) is 40.5 Å². The van der Waals surface area contributed by atoms with E-state index in [0.717, 1.165) is 5.56 Å². The van der Waals surface area contributed by atoms with Crippen LogP contribution in [-0.4, -0.2) is 34.3 Å². The van der Waals surface area contributed by atoms with E-state index in [1.165, 1.54) is 18.9 Å². The largest absolute Gasteiger partial charge is 0.466 e. The van der Waals surface area contributed by atoms with Crippen LogP contribution < -0.4 is 0 Å². The molecule has 0 aromatic heterocycles. The van der Waals surface area contributed by atoms with Crippen LogP contribution in [0.4, 0.5) is 0 Å². The molecule has 2 atom stereocenters. The summed E-state index contributed by atoms with van der Waals surface area (Å²) in [5, 5.41) is 1.05. The number of carbonyl (C=O) groups is 2. The summed E-state index contributed by atoms with van der Waals surface area (Å²) in [6.07, 6.45) is 0.707. The second-order valence-electron chi connectivity index (χ2n) is 5.56. The maximum absolute atomic E-state index is 12.8. The van der Waals surface area contributed by atoms with Gasteiger partial charge in [-0.2, -0.15) is 0 Å². The Kier molecular flexibility index (Phi) is 4.69. The minimum atomic E-state index is -0.543. The fraction of sp³-hybridized carbons (Fsp3) is 0.353. The summed E-state index contributed by atoms with van der Waals surface area (Å²) >= 11 is 7.42. The van der Waals surface area contributed by atoms with Crippen molar-refractivity contribution >= 4 is 40.4 Å². The van der Waals surface area contributed by atoms with Crippen LogP contribution in [0.2, 0.25) is 5.02 Å². The predicted octanol–water partition coefficient (Wildman–Crippen LogP) is 3.55. The van der Waals surface area contributed by atoms with Crippen molar-refractivity contribution in [1.82, 2.24) is 4.90 Å². The van der Waals surface area contributed by atoms with E-state index >= 15 is 0 Å². The third-order valence-corrected chi connectivity index (χ3v) is 5.68. The number of hydrogen-bond acceptors (Lipinski definition) is 5. The van der Waals surface area contributed by atoms with Gasteiger partial charge in [-0.05, 0) is 31.0 Å². The Bertz CT molecular complexity index is 758. The zero-order valence-electron chi connectivity index (χ0n) is 13.6. The van der Waals surface area contributed by atoms with E-state index in [-0.39, 0.29) is 11.2 Å². The van der Waals surface area contributed by atoms with Crippen molar-refractivity contribution in [2.24, 2.45) is 4.99 Å². The van der Waals surface area contributed by atoms with Crippen molar-refractivity contribution in [3.63, 3.8) is 0 Å². The lowest BCUT2D eigenvalue weighted by Gasteiger charge is -2.32. The number of halogens is 1. The molecule has 126 valence electrons. The molecular formula is C17H17ClN2O3S. The number of hydrogen-bond donors (Lipinski definition) is 0. The van der Waals surface area contributed by atoms with Crippen molar-refractivity contribution < 1.29 is 14.3 Å². The molecule has 0 spiro atoms. The van der Waals surface area contributed by atoms with Gasteiger partial charge in [0.2, 0.25) is 5.91 Å². The van der Waals surface area contributed by atoms with E-state index in [9.17, 15) is 9.59 Å². The van der Waals surface area contributed by atoms with Crippen molar-refractivity contribution in [2.75, 3.05) is 7.11 Å². The van der Waals surface area contributed by atoms with E-state index < -0.39 is 12.0 Å². The average molecular weight is 365 g/mol. The minimum absolute atomic E-state index is 0.0323. The van der Waals surface area contributed by atoms with Crippen LogP contribution in [0.5, 0.6) is 0 Å². The number of thioether (sulfide) groups is 1. The van der Waals surface area contributed by atoms with Gasteiger partial charge >= 0.3 is 5.97 Å². The highest BCUT2D eigenvalue weighted by Crippen LogP contribution is 2.44. The van der Waals surface area contributed by atoms with Gasteiger partial charge in [0.1, 0.15) is 0 Å². The van der Waals surface area contributed by atoms with Crippen molar-refractivity contribution in [3.8, 4) is 0 Å². The summed E-state index contributed by atoms with van der Waals surface area (Å²) in [7, 11) is 1.33. The zero-order chi connectivity index (χ0) is 17.4. The highest BCUT2D eigenvalue weighted by Gasteiger charge is 2.47. The van der Waals surface area contributed by atoms with Crippen molar-refractivity contribution in [1.29, 1.82) is 0 Å². The molecule has 0 radical (unpaired) electrons. The molecule has 2 aliphatic rings. The Balaban J connectivity index is 2.15. The van der Waals surface area contributed by atoms with E-state index in [4.69, 9.17) is 16.3 Å². The van der Waals surface area contributed by atoms with Gasteiger partial charge in [-0.1, -0.05) is 42.4 Å². The van der Waals surface area contributed by atoms with E-state index in [1.807, 2.05) is 19.1 Å². The number of amides is 1. The summed E-state index contributed by atoms with van der Waals surface area (Å²) in [5.74, 6) is -0.511. The fourth-order valence-corrected chi connectivity index (χ4v) is 4.18. The molecule has 5 nitrogen and oxygen atoms in total. The number of methoxy groups -OCH3 is 1. The fourth-order valence-electron chi connectivity index (χ4n) is 2.92. The van der Waals surface area contributed by atoms with Gasteiger partial charge in [-0.15, -0.1) is 0 Å². The Morgan fingerprint density at radius 1 is 1.38 bits per heavy atom. The number of nitrogens with zero attached hydrogens (tertiary/aromatic N) is 2. The summed E-state index contributed by atoms with van der Waals surface area (Å²) in [6.45, 7) is 3.73. The van der Waals surface area contributed by atoms with Crippen LogP contribution in [-0.2, 0) is 14.3 Å². The molecule has 0 saturated carbocycles. The quantitative estimate of drug-likeness (QED) is 0.769. The van der Waals surface area contributed by atoms with Crippen LogP contribution in [0.1, 0.15) is 31.9 Å². The lowest BCUT2D eigenvalue weighted by molar-refractivity contribution is -0.137. The van der Waals surface area contributed by atoms with Gasteiger partial charge in [0.25, 0.3) is 0 Å². The van der Waals surface area contributed by atoms with Gasteiger partial charge in [0.05, 0.1) is 29.7 Å². The standard InChI is InChI=1S/C17H17ClN2O3S/c1-4-12-15(21)20-14(10-5-7-11(18)8-6-10)13(16(22)23-3)9(2)19-17(20)24-12/h5-8,12,14H,4H2,1-3H3. The second-order valence-corrected chi connectivity index (χ2v) is 7.17. The first-order chi connectivity index (χ1) is 11.5. The lowest BCUT2D eigenvalue weighted by atomic mass is 9.94. The van der Waals surface area contributed by atoms with E-state index in [0.29, 0.717) is 27.9 Å². The highest BCUT2D eigenvalue weighted by molar-refractivity contribution is 8.15. The van der Waals surface area contributed by atoms with E-state index in [1.54, 1.807) is 24.0 Å². The smallest absolute Gasteiger partial charge is 0.338 e. The number of benzene rings is 1. The maximum Gasteiger partial charge on any atom is 0.338 e. The third kappa shape index (κ3) is 2.74. The molecule has 0 N–H and O–H groups in total. The van der Waals surface area contributed by atoms with E-state index in [2.05, 4.69) is 4.99 Å². The first-order valence-electron chi connectivity index (χ1n) is 7.60. The first kappa shape index (κ1) is 17.0. The number of ether oxygens (including phenoxy) is 1. The Hall–Kier alpha value is -1.79. The lowest BCUT2D eigenvalue weighted by Crippen LogP contribution is -2.40. The minimum Gasteiger partial charge on any atom is -0.466 e. The number of aliphatic imine (C=N–C) groups is 1. The Labute approximate surface area is 149 Å². The SMILES string of the molecule is CCC1SC2=NC(C)=C(C(=O)OC)C(c3ccc(Cl)cc3)N2C1=O. The molecular weight excluding hydrogens is 348 g/mol. The second kappa shape index (κ2) is 6.61. The molecule has 0 aliphatic carbocycles. The normalized spacial score (nSPS) is 23.2. The molecule has 0 bridgehead atoms. The topological polar surface area (TPSA) is 59.0 Å². The van der Waals surface area contributed by atoms with Crippen LogP contribution >= 0.6 is 23.4 Å². The highest BCUT2D eigenvalue weighted by atomic mass is 35.5. The summed E-state index contributed by atoms with van der Waals surface area (Å²) in [6, 6.07) is 6.60. The molecule has 1 fully saturated rings. The van der Waals surface area contributed by atoms with Gasteiger partial charge < -0.3 is 4.74 Å². The van der Waals surface area contributed by atoms with Gasteiger partial charge in [-0.25, -0.2) is 9.79 Å². The number of rotatable bonds is 3. The molecule has 24 heavy (non-hydrogen) atoms. The molecule has 1 aromatic rings. The number of fused-ring (bicyclic) bond motifs is 1. The third-order valence-electron chi connectivity index (χ3n) is 4.11. The Morgan fingerprint density at radius 2 is 2.04 bits per heavy atom. The first-order valence-corrected chi connectivity index (χ1v) is 8.86. The van der Waals surface area contributed by atoms with Crippen LogP contribution in [0, 0.1) is 0 Å². The zero-order valence-corrected chi connectivity index (χ0v) is 15.1. The number of allylic oxidation sites excluding steroid dienone is 1. The van der Waals surface area contributed by atoms with Gasteiger partial charge in [0.15, 0.2) is 5.17 Å². The number of amidine groups is 1. The maximum atomic E-state index is 12.8. The summed E-state index contributed by atoms with van der Waals surface area (Å²) in [5.41, 5.74) is 1.76. The van der Waals surface area contributed by atoms with Crippen LogP contribution in [0.3, 0.4) is 0 Å². The van der Waals surface area contributed by atoms with Crippen molar-refractivity contribution in [2.45, 2.75) is 31.6 Å². The number of esters is 1. The summed E-state index contributed by atoms with van der Waals surface area (Å²) < 4.78 is 4.94. The predicted molar refractivity (Wildman–Crippen MR) is 94.9 cm³/mol. The van der Waals surface area contributed by atoms with Gasteiger partial charge in [0, 0.05) is 5.02 Å². The number of carbonyl (C=O) groups excluding carboxylic acids is 2. The molecule has 3 rings (SSSR count). The molecule has 1 aromatic carbocycles. The molecule has 7 heteroatoms. The molecule has 2 heterocycles. The van der Waals surface area contributed by atoms with Crippen LogP contribution in [0.25, 0.3) is 0 Å². The average Bonchev–Trinajstić information content (AvgIpc) is 2.89. The molecule has 1 amide bonds. The summed E-state index contributed by atoms with van der Waals surface area (Å²) in [4.78, 5) is 31.2. The Morgan fingerprint density at radius 3 is 2.62 bits per heavy atom. The monoisotopic (exact) mass is 364 g/mol. The molecule has 2 unspecified atom stereocenters.